The standard InChI is InChI=1S/C28H30ClFN6O2/c1-15-12-36(13-16(2)38-15)23-8-6-17(9-19(23)14-35(3)4)24-26(30)34-27(31)25(33-24)18-5-7-20-21(10-18)22(29)11-32-28(20)37/h5-11,15-16H,12-14H2,1-4H3,(H2,31,34)(H,32,37)/t15-,16+. The molecular formula is C28H30ClFN6O2. The molecule has 1 fully saturated rings. The van der Waals surface area contributed by atoms with Crippen LogP contribution in [0.25, 0.3) is 33.3 Å². The molecule has 1 aliphatic rings. The molecular weight excluding hydrogens is 507 g/mol. The molecule has 4 aromatic rings. The Morgan fingerprint density at radius 2 is 1.76 bits per heavy atom. The van der Waals surface area contributed by atoms with Crippen LogP contribution in [-0.2, 0) is 11.3 Å². The summed E-state index contributed by atoms with van der Waals surface area (Å²) in [6, 6.07) is 10.9. The van der Waals surface area contributed by atoms with Crippen molar-refractivity contribution in [3.05, 3.63) is 69.5 Å². The molecule has 198 valence electrons. The van der Waals surface area contributed by atoms with Crippen molar-refractivity contribution in [2.75, 3.05) is 37.8 Å². The lowest BCUT2D eigenvalue weighted by Gasteiger charge is -2.38. The van der Waals surface area contributed by atoms with Gasteiger partial charge in [0.05, 0.1) is 17.2 Å². The zero-order chi connectivity index (χ0) is 27.1. The first-order chi connectivity index (χ1) is 18.1. The minimum Gasteiger partial charge on any atom is -0.382 e. The van der Waals surface area contributed by atoms with E-state index in [0.29, 0.717) is 39.2 Å². The number of aromatic nitrogens is 3. The number of nitrogens with two attached hydrogens (primary N) is 1. The second kappa shape index (κ2) is 10.3. The molecule has 0 aliphatic carbocycles. The Balaban J connectivity index is 1.60. The van der Waals surface area contributed by atoms with Gasteiger partial charge < -0.3 is 25.3 Å². The maximum atomic E-state index is 15.2. The van der Waals surface area contributed by atoms with Gasteiger partial charge in [0.15, 0.2) is 5.82 Å². The number of H-pyrrole nitrogens is 1. The average Bonchev–Trinajstić information content (AvgIpc) is 2.85. The van der Waals surface area contributed by atoms with Gasteiger partial charge in [0, 0.05) is 53.4 Å². The van der Waals surface area contributed by atoms with Crippen LogP contribution in [-0.4, -0.2) is 59.2 Å². The van der Waals surface area contributed by atoms with Gasteiger partial charge in [-0.05, 0) is 57.8 Å². The van der Waals surface area contributed by atoms with Crippen LogP contribution in [0.2, 0.25) is 5.02 Å². The predicted molar refractivity (Wildman–Crippen MR) is 150 cm³/mol. The minimum atomic E-state index is -0.751. The third-order valence-electron chi connectivity index (χ3n) is 6.60. The summed E-state index contributed by atoms with van der Waals surface area (Å²) in [4.78, 5) is 27.8. The fraction of sp³-hybridized carbons (Fsp3) is 0.321. The summed E-state index contributed by atoms with van der Waals surface area (Å²) < 4.78 is 21.1. The highest BCUT2D eigenvalue weighted by atomic mass is 35.5. The Hall–Kier alpha value is -3.53. The molecule has 3 N–H and O–H groups in total. The number of morpholine rings is 1. The number of pyridine rings is 1. The molecule has 5 rings (SSSR count). The van der Waals surface area contributed by atoms with Crippen molar-refractivity contribution in [1.29, 1.82) is 0 Å². The monoisotopic (exact) mass is 536 g/mol. The number of benzene rings is 2. The molecule has 2 aromatic heterocycles. The van der Waals surface area contributed by atoms with Crippen molar-refractivity contribution in [3.8, 4) is 22.5 Å². The Bertz CT molecular complexity index is 1560. The fourth-order valence-corrected chi connectivity index (χ4v) is 5.29. The van der Waals surface area contributed by atoms with Gasteiger partial charge in [0.2, 0.25) is 5.95 Å². The van der Waals surface area contributed by atoms with Gasteiger partial charge in [-0.3, -0.25) is 4.79 Å². The van der Waals surface area contributed by atoms with E-state index in [1.54, 1.807) is 18.2 Å². The third kappa shape index (κ3) is 5.09. The average molecular weight is 537 g/mol. The van der Waals surface area contributed by atoms with Gasteiger partial charge in [-0.1, -0.05) is 23.7 Å². The number of ether oxygens (including phenoxy) is 1. The van der Waals surface area contributed by atoms with E-state index >= 15 is 4.39 Å². The van der Waals surface area contributed by atoms with Crippen molar-refractivity contribution in [2.45, 2.75) is 32.6 Å². The molecule has 1 aliphatic heterocycles. The number of anilines is 2. The first kappa shape index (κ1) is 26.1. The SMILES string of the molecule is C[C@@H]1CN(c2ccc(-c3nc(-c4ccc5c(=O)[nH]cc(Cl)c5c4)c(N)nc3F)cc2CN(C)C)C[C@H](C)O1. The van der Waals surface area contributed by atoms with Gasteiger partial charge in [0.25, 0.3) is 5.56 Å². The second-order valence-corrected chi connectivity index (χ2v) is 10.5. The summed E-state index contributed by atoms with van der Waals surface area (Å²) in [5, 5.41) is 1.36. The molecule has 1 saturated heterocycles. The highest BCUT2D eigenvalue weighted by molar-refractivity contribution is 6.35. The van der Waals surface area contributed by atoms with Crippen molar-refractivity contribution in [1.82, 2.24) is 19.9 Å². The maximum Gasteiger partial charge on any atom is 0.255 e. The number of nitrogens with one attached hydrogen (secondary N) is 1. The quantitative estimate of drug-likeness (QED) is 0.381. The molecule has 0 unspecified atom stereocenters. The molecule has 2 aromatic carbocycles. The van der Waals surface area contributed by atoms with E-state index in [9.17, 15) is 4.79 Å². The van der Waals surface area contributed by atoms with Crippen molar-refractivity contribution in [3.63, 3.8) is 0 Å². The number of aromatic amines is 1. The highest BCUT2D eigenvalue weighted by Crippen LogP contribution is 2.34. The summed E-state index contributed by atoms with van der Waals surface area (Å²) in [5.74, 6) is -0.799. The van der Waals surface area contributed by atoms with Gasteiger partial charge in [-0.15, -0.1) is 0 Å². The molecule has 2 atom stereocenters. The van der Waals surface area contributed by atoms with Crippen LogP contribution >= 0.6 is 11.6 Å². The molecule has 38 heavy (non-hydrogen) atoms. The Labute approximate surface area is 225 Å². The number of fused-ring (bicyclic) bond motifs is 1. The molecule has 3 heterocycles. The number of rotatable bonds is 5. The number of nitrogen functional groups attached to an aromatic ring is 1. The van der Waals surface area contributed by atoms with E-state index in [1.807, 2.05) is 32.3 Å². The summed E-state index contributed by atoms with van der Waals surface area (Å²) >= 11 is 6.32. The lowest BCUT2D eigenvalue weighted by molar-refractivity contribution is -0.00528. The first-order valence-electron chi connectivity index (χ1n) is 12.4. The van der Waals surface area contributed by atoms with Crippen LogP contribution in [0.15, 0.2) is 47.4 Å². The zero-order valence-corrected chi connectivity index (χ0v) is 22.5. The van der Waals surface area contributed by atoms with Gasteiger partial charge in [-0.2, -0.15) is 9.37 Å². The van der Waals surface area contributed by atoms with Crippen LogP contribution < -0.4 is 16.2 Å². The van der Waals surface area contributed by atoms with E-state index in [1.165, 1.54) is 6.20 Å². The number of hydrogen-bond acceptors (Lipinski definition) is 7. The third-order valence-corrected chi connectivity index (χ3v) is 6.92. The zero-order valence-electron chi connectivity index (χ0n) is 21.8. The summed E-state index contributed by atoms with van der Waals surface area (Å²) in [7, 11) is 4.00. The van der Waals surface area contributed by atoms with Crippen molar-refractivity contribution in [2.24, 2.45) is 0 Å². The van der Waals surface area contributed by atoms with Crippen LogP contribution in [0, 0.1) is 5.95 Å². The smallest absolute Gasteiger partial charge is 0.255 e. The second-order valence-electron chi connectivity index (χ2n) is 10.1. The van der Waals surface area contributed by atoms with Crippen LogP contribution in [0.3, 0.4) is 0 Å². The number of halogens is 2. The molecule has 0 spiro atoms. The molecule has 0 amide bonds. The summed E-state index contributed by atoms with van der Waals surface area (Å²) in [5.41, 5.74) is 9.58. The van der Waals surface area contributed by atoms with E-state index < -0.39 is 5.95 Å². The van der Waals surface area contributed by atoms with E-state index in [2.05, 4.69) is 38.6 Å². The minimum absolute atomic E-state index is 0.0482. The fourth-order valence-electron chi connectivity index (χ4n) is 5.08. The Kier molecular flexibility index (Phi) is 7.09. The van der Waals surface area contributed by atoms with Crippen LogP contribution in [0.4, 0.5) is 15.9 Å². The van der Waals surface area contributed by atoms with Gasteiger partial charge >= 0.3 is 0 Å². The summed E-state index contributed by atoms with van der Waals surface area (Å²) in [6.45, 7) is 6.35. The van der Waals surface area contributed by atoms with Crippen LogP contribution in [0.1, 0.15) is 19.4 Å². The van der Waals surface area contributed by atoms with Crippen molar-refractivity contribution >= 4 is 33.9 Å². The van der Waals surface area contributed by atoms with E-state index in [4.69, 9.17) is 22.1 Å². The molecule has 0 bridgehead atoms. The lowest BCUT2D eigenvalue weighted by Crippen LogP contribution is -2.46. The number of hydrogen-bond donors (Lipinski definition) is 2. The van der Waals surface area contributed by atoms with Crippen molar-refractivity contribution < 1.29 is 9.13 Å². The normalized spacial score (nSPS) is 17.9. The van der Waals surface area contributed by atoms with E-state index in [-0.39, 0.29) is 29.3 Å². The van der Waals surface area contributed by atoms with Gasteiger partial charge in [0.1, 0.15) is 11.4 Å². The molecule has 0 radical (unpaired) electrons. The largest absolute Gasteiger partial charge is 0.382 e. The summed E-state index contributed by atoms with van der Waals surface area (Å²) in [6.07, 6.45) is 1.66. The lowest BCUT2D eigenvalue weighted by atomic mass is 10.0. The van der Waals surface area contributed by atoms with Crippen LogP contribution in [0.5, 0.6) is 0 Å². The Morgan fingerprint density at radius 1 is 1.08 bits per heavy atom. The Morgan fingerprint density at radius 3 is 2.47 bits per heavy atom. The highest BCUT2D eigenvalue weighted by Gasteiger charge is 2.25. The molecule has 0 saturated carbocycles. The maximum absolute atomic E-state index is 15.2. The number of nitrogens with zero attached hydrogens (tertiary/aromatic N) is 4. The van der Waals surface area contributed by atoms with Gasteiger partial charge in [-0.25, -0.2) is 4.98 Å². The molecule has 8 nitrogen and oxygen atoms in total. The first-order valence-corrected chi connectivity index (χ1v) is 12.8. The topological polar surface area (TPSA) is 100 Å². The molecule has 10 heteroatoms. The predicted octanol–water partition coefficient (Wildman–Crippen LogP) is 4.70. The van der Waals surface area contributed by atoms with E-state index in [0.717, 1.165) is 24.3 Å².